The first-order chi connectivity index (χ1) is 11.7. The Hall–Kier alpha value is -2.49. The highest BCUT2D eigenvalue weighted by molar-refractivity contribution is 5.90. The number of ether oxygens (including phenoxy) is 2. The van der Waals surface area contributed by atoms with E-state index < -0.39 is 0 Å². The molecule has 1 aliphatic heterocycles. The molecule has 0 radical (unpaired) electrons. The summed E-state index contributed by atoms with van der Waals surface area (Å²) in [6.07, 6.45) is 3.31. The maximum Gasteiger partial charge on any atom is 0.224 e. The molecule has 0 bridgehead atoms. The van der Waals surface area contributed by atoms with Crippen molar-refractivity contribution >= 4 is 11.6 Å². The molecule has 0 aliphatic carbocycles. The van der Waals surface area contributed by atoms with E-state index in [0.29, 0.717) is 26.1 Å². The van der Waals surface area contributed by atoms with Crippen LogP contribution in [0.4, 0.5) is 5.69 Å². The molecule has 1 heterocycles. The molecule has 0 spiro atoms. The Kier molecular flexibility index (Phi) is 5.36. The minimum atomic E-state index is 0.0214. The van der Waals surface area contributed by atoms with Crippen LogP contribution in [-0.4, -0.2) is 19.1 Å². The van der Waals surface area contributed by atoms with Gasteiger partial charge in [-0.3, -0.25) is 4.79 Å². The van der Waals surface area contributed by atoms with Crippen LogP contribution in [-0.2, 0) is 17.6 Å². The maximum atomic E-state index is 12.1. The Morgan fingerprint density at radius 1 is 0.958 bits per heavy atom. The zero-order chi connectivity index (χ0) is 16.8. The van der Waals surface area contributed by atoms with Crippen molar-refractivity contribution in [3.8, 4) is 11.5 Å². The van der Waals surface area contributed by atoms with E-state index in [1.807, 2.05) is 30.3 Å². The summed E-state index contributed by atoms with van der Waals surface area (Å²) in [5, 5.41) is 2.95. The van der Waals surface area contributed by atoms with Crippen molar-refractivity contribution in [1.82, 2.24) is 0 Å². The fourth-order valence-electron chi connectivity index (χ4n) is 2.77. The number of carbonyl (C=O) groups excluding carboxylic acids is 1. The zero-order valence-electron chi connectivity index (χ0n) is 14.0. The number of hydrogen-bond donors (Lipinski definition) is 1. The molecule has 126 valence electrons. The van der Waals surface area contributed by atoms with Gasteiger partial charge in [-0.25, -0.2) is 0 Å². The Morgan fingerprint density at radius 3 is 2.42 bits per heavy atom. The van der Waals surface area contributed by atoms with Crippen LogP contribution in [0.3, 0.4) is 0 Å². The van der Waals surface area contributed by atoms with Gasteiger partial charge >= 0.3 is 0 Å². The van der Waals surface area contributed by atoms with Crippen LogP contribution in [0.15, 0.2) is 42.5 Å². The van der Waals surface area contributed by atoms with E-state index in [2.05, 4.69) is 24.4 Å². The summed E-state index contributed by atoms with van der Waals surface area (Å²) in [5.74, 6) is 1.57. The average Bonchev–Trinajstić information content (AvgIpc) is 2.62. The van der Waals surface area contributed by atoms with Gasteiger partial charge in [0.1, 0.15) is 13.2 Å². The molecule has 0 aromatic heterocycles. The van der Waals surface area contributed by atoms with E-state index in [1.165, 1.54) is 5.56 Å². The minimum absolute atomic E-state index is 0.0214. The second-order valence-electron chi connectivity index (χ2n) is 5.97. The lowest BCUT2D eigenvalue weighted by Crippen LogP contribution is -2.15. The van der Waals surface area contributed by atoms with Gasteiger partial charge in [-0.05, 0) is 48.2 Å². The van der Waals surface area contributed by atoms with E-state index in [0.717, 1.165) is 35.6 Å². The highest BCUT2D eigenvalue weighted by atomic mass is 16.6. The molecule has 3 rings (SSSR count). The maximum absolute atomic E-state index is 12.1. The lowest BCUT2D eigenvalue weighted by Gasteiger charge is -2.18. The molecule has 4 nitrogen and oxygen atoms in total. The second kappa shape index (κ2) is 7.86. The summed E-state index contributed by atoms with van der Waals surface area (Å²) < 4.78 is 11.1. The Morgan fingerprint density at radius 2 is 1.67 bits per heavy atom. The number of rotatable bonds is 6. The van der Waals surface area contributed by atoms with Crippen molar-refractivity contribution in [3.05, 3.63) is 53.6 Å². The van der Waals surface area contributed by atoms with Crippen molar-refractivity contribution in [2.24, 2.45) is 0 Å². The number of nitrogens with one attached hydrogen (secondary N) is 1. The van der Waals surface area contributed by atoms with Gasteiger partial charge in [-0.2, -0.15) is 0 Å². The number of fused-ring (bicyclic) bond motifs is 1. The highest BCUT2D eigenvalue weighted by Crippen LogP contribution is 2.31. The molecule has 0 saturated heterocycles. The first-order valence-electron chi connectivity index (χ1n) is 8.52. The van der Waals surface area contributed by atoms with Crippen LogP contribution in [0.2, 0.25) is 0 Å². The van der Waals surface area contributed by atoms with Crippen LogP contribution in [0.5, 0.6) is 11.5 Å². The van der Waals surface area contributed by atoms with Gasteiger partial charge in [0, 0.05) is 12.1 Å². The zero-order valence-corrected chi connectivity index (χ0v) is 14.0. The Bertz CT molecular complexity index is 695. The van der Waals surface area contributed by atoms with E-state index in [4.69, 9.17) is 9.47 Å². The largest absolute Gasteiger partial charge is 0.486 e. The molecular weight excluding hydrogens is 302 g/mol. The average molecular weight is 325 g/mol. The van der Waals surface area contributed by atoms with Crippen LogP contribution in [0.25, 0.3) is 0 Å². The topological polar surface area (TPSA) is 47.6 Å². The molecule has 0 saturated carbocycles. The molecule has 1 amide bonds. The number of amides is 1. The molecule has 1 N–H and O–H groups in total. The number of benzene rings is 2. The molecule has 1 aliphatic rings. The van der Waals surface area contributed by atoms with Gasteiger partial charge in [-0.1, -0.05) is 31.5 Å². The van der Waals surface area contributed by atoms with Crippen LogP contribution in [0.1, 0.15) is 30.9 Å². The van der Waals surface area contributed by atoms with Gasteiger partial charge in [-0.15, -0.1) is 0 Å². The van der Waals surface area contributed by atoms with E-state index >= 15 is 0 Å². The smallest absolute Gasteiger partial charge is 0.224 e. The third kappa shape index (κ3) is 4.28. The first kappa shape index (κ1) is 16.4. The molecule has 0 unspecified atom stereocenters. The van der Waals surface area contributed by atoms with Gasteiger partial charge in [0.05, 0.1) is 0 Å². The van der Waals surface area contributed by atoms with Gasteiger partial charge in [0.15, 0.2) is 11.5 Å². The Balaban J connectivity index is 1.52. The summed E-state index contributed by atoms with van der Waals surface area (Å²) in [6, 6.07) is 13.9. The number of hydrogen-bond acceptors (Lipinski definition) is 3. The summed E-state index contributed by atoms with van der Waals surface area (Å²) in [7, 11) is 0. The predicted molar refractivity (Wildman–Crippen MR) is 94.8 cm³/mol. The van der Waals surface area contributed by atoms with Crippen molar-refractivity contribution < 1.29 is 14.3 Å². The van der Waals surface area contributed by atoms with Crippen molar-refractivity contribution in [3.63, 3.8) is 0 Å². The molecule has 2 aromatic carbocycles. The minimum Gasteiger partial charge on any atom is -0.486 e. The SMILES string of the molecule is CCCc1ccc(NC(=O)CCc2ccc3c(c2)OCCO3)cc1. The standard InChI is InChI=1S/C20H23NO3/c1-2-3-15-4-8-17(9-5-15)21-20(22)11-7-16-6-10-18-19(14-16)24-13-12-23-18/h4-6,8-10,14H,2-3,7,11-13H2,1H3,(H,21,22). The molecule has 0 atom stereocenters. The van der Waals surface area contributed by atoms with Crippen molar-refractivity contribution in [2.45, 2.75) is 32.6 Å². The summed E-state index contributed by atoms with van der Waals surface area (Å²) in [4.78, 5) is 12.1. The fraction of sp³-hybridized carbons (Fsp3) is 0.350. The fourth-order valence-corrected chi connectivity index (χ4v) is 2.77. The van der Waals surface area contributed by atoms with Gasteiger partial charge in [0.25, 0.3) is 0 Å². The lowest BCUT2D eigenvalue weighted by atomic mass is 10.1. The third-order valence-corrected chi connectivity index (χ3v) is 4.02. The normalized spacial score (nSPS) is 12.7. The summed E-state index contributed by atoms with van der Waals surface area (Å²) in [6.45, 7) is 3.32. The first-order valence-corrected chi connectivity index (χ1v) is 8.52. The molecular formula is C20H23NO3. The van der Waals surface area contributed by atoms with E-state index in [-0.39, 0.29) is 5.91 Å². The van der Waals surface area contributed by atoms with E-state index in [1.54, 1.807) is 0 Å². The van der Waals surface area contributed by atoms with Gasteiger partial charge in [0.2, 0.25) is 5.91 Å². The number of aryl methyl sites for hydroxylation is 2. The molecule has 0 fully saturated rings. The number of carbonyl (C=O) groups is 1. The molecule has 4 heteroatoms. The van der Waals surface area contributed by atoms with Crippen LogP contribution >= 0.6 is 0 Å². The molecule has 2 aromatic rings. The van der Waals surface area contributed by atoms with Crippen LogP contribution in [0, 0.1) is 0 Å². The van der Waals surface area contributed by atoms with E-state index in [9.17, 15) is 4.79 Å². The predicted octanol–water partition coefficient (Wildman–Crippen LogP) is 3.98. The number of anilines is 1. The monoisotopic (exact) mass is 325 g/mol. The molecule has 24 heavy (non-hydrogen) atoms. The quantitative estimate of drug-likeness (QED) is 0.874. The van der Waals surface area contributed by atoms with Crippen LogP contribution < -0.4 is 14.8 Å². The summed E-state index contributed by atoms with van der Waals surface area (Å²) >= 11 is 0. The third-order valence-electron chi connectivity index (χ3n) is 4.02. The summed E-state index contributed by atoms with van der Waals surface area (Å²) in [5.41, 5.74) is 3.22. The van der Waals surface area contributed by atoms with Crippen molar-refractivity contribution in [1.29, 1.82) is 0 Å². The lowest BCUT2D eigenvalue weighted by molar-refractivity contribution is -0.116. The van der Waals surface area contributed by atoms with Gasteiger partial charge < -0.3 is 14.8 Å². The Labute approximate surface area is 142 Å². The van der Waals surface area contributed by atoms with Crippen molar-refractivity contribution in [2.75, 3.05) is 18.5 Å². The second-order valence-corrected chi connectivity index (χ2v) is 5.97. The highest BCUT2D eigenvalue weighted by Gasteiger charge is 2.12.